The number of hydrogen-bond acceptors (Lipinski definition) is 4. The van der Waals surface area contributed by atoms with Crippen LogP contribution in [-0.4, -0.2) is 49.9 Å². The van der Waals surface area contributed by atoms with Gasteiger partial charge in [0.1, 0.15) is 0 Å². The van der Waals surface area contributed by atoms with Gasteiger partial charge >= 0.3 is 5.69 Å². The van der Waals surface area contributed by atoms with Gasteiger partial charge in [-0.1, -0.05) is 19.9 Å². The maximum absolute atomic E-state index is 12.2. The van der Waals surface area contributed by atoms with Gasteiger partial charge in [-0.15, -0.1) is 5.10 Å². The number of pyridine rings is 1. The van der Waals surface area contributed by atoms with Gasteiger partial charge in [0.25, 0.3) is 0 Å². The fourth-order valence-electron chi connectivity index (χ4n) is 2.75. The van der Waals surface area contributed by atoms with E-state index in [1.165, 1.54) is 4.68 Å². The number of aliphatic hydroxyl groups is 1. The molecular weight excluding hydrogens is 268 g/mol. The van der Waals surface area contributed by atoms with Crippen molar-refractivity contribution in [3.63, 3.8) is 0 Å². The van der Waals surface area contributed by atoms with Crippen LogP contribution < -0.4 is 5.69 Å². The second-order valence-corrected chi connectivity index (χ2v) is 5.16. The monoisotopic (exact) mass is 292 g/mol. The summed E-state index contributed by atoms with van der Waals surface area (Å²) in [5.41, 5.74) is 0.554. The highest BCUT2D eigenvalue weighted by Crippen LogP contribution is 2.08. The highest BCUT2D eigenvalue weighted by molar-refractivity contribution is 5.35. The second-order valence-electron chi connectivity index (χ2n) is 5.16. The summed E-state index contributed by atoms with van der Waals surface area (Å²) in [4.78, 5) is 14.4. The molecule has 0 aromatic carbocycles. The minimum absolute atomic E-state index is 0.112. The second kappa shape index (κ2) is 7.38. The molecule has 0 aliphatic heterocycles. The summed E-state index contributed by atoms with van der Waals surface area (Å²) in [7, 11) is 0. The lowest BCUT2D eigenvalue weighted by molar-refractivity contribution is 0.137. The Morgan fingerprint density at radius 3 is 2.67 bits per heavy atom. The first-order valence-corrected chi connectivity index (χ1v) is 7.60. The molecule has 0 spiro atoms. The van der Waals surface area contributed by atoms with Crippen molar-refractivity contribution < 1.29 is 5.11 Å². The molecule has 0 unspecified atom stereocenters. The van der Waals surface area contributed by atoms with Gasteiger partial charge < -0.3 is 5.11 Å². The Balaban J connectivity index is 2.12. The number of aliphatic hydroxyl groups excluding tert-OH is 1. The summed E-state index contributed by atoms with van der Waals surface area (Å²) >= 11 is 0. The third-order valence-electron chi connectivity index (χ3n) is 3.93. The van der Waals surface area contributed by atoms with Gasteiger partial charge in [0.2, 0.25) is 0 Å². The van der Waals surface area contributed by atoms with Crippen LogP contribution in [0.15, 0.2) is 29.2 Å². The number of fused-ring (bicyclic) bond motifs is 1. The normalized spacial score (nSPS) is 11.9. The SMILES string of the molecule is CCC(CC)N(CCO)CCn1nc2ccccn2c1=O. The molecule has 2 aromatic heterocycles. The van der Waals surface area contributed by atoms with Gasteiger partial charge in [0.15, 0.2) is 5.65 Å². The van der Waals surface area contributed by atoms with Gasteiger partial charge in [-0.05, 0) is 25.0 Å². The molecule has 0 aliphatic rings. The smallest absolute Gasteiger partial charge is 0.350 e. The van der Waals surface area contributed by atoms with E-state index in [0.29, 0.717) is 24.8 Å². The molecule has 116 valence electrons. The molecule has 0 amide bonds. The van der Waals surface area contributed by atoms with Crippen LogP contribution in [0.2, 0.25) is 0 Å². The Kier molecular flexibility index (Phi) is 5.52. The fraction of sp³-hybridized carbons (Fsp3) is 0.600. The van der Waals surface area contributed by atoms with Crippen molar-refractivity contribution in [3.8, 4) is 0 Å². The lowest BCUT2D eigenvalue weighted by atomic mass is 10.1. The molecule has 0 radical (unpaired) electrons. The summed E-state index contributed by atoms with van der Waals surface area (Å²) in [5.74, 6) is 0. The first kappa shape index (κ1) is 15.7. The predicted octanol–water partition coefficient (Wildman–Crippen LogP) is 0.979. The number of hydrogen-bond donors (Lipinski definition) is 1. The zero-order chi connectivity index (χ0) is 15.2. The first-order chi connectivity index (χ1) is 10.2. The number of nitrogens with zero attached hydrogens (tertiary/aromatic N) is 4. The summed E-state index contributed by atoms with van der Waals surface area (Å²) in [6, 6.07) is 5.95. The number of aromatic nitrogens is 3. The van der Waals surface area contributed by atoms with E-state index < -0.39 is 0 Å². The van der Waals surface area contributed by atoms with E-state index in [1.807, 2.05) is 18.2 Å². The summed E-state index contributed by atoms with van der Waals surface area (Å²) in [6.07, 6.45) is 3.81. The Morgan fingerprint density at radius 1 is 1.29 bits per heavy atom. The van der Waals surface area contributed by atoms with E-state index in [1.54, 1.807) is 10.6 Å². The maximum Gasteiger partial charge on any atom is 0.350 e. The molecule has 0 saturated carbocycles. The molecule has 6 heteroatoms. The number of rotatable bonds is 8. The minimum atomic E-state index is -0.112. The first-order valence-electron chi connectivity index (χ1n) is 7.60. The standard InChI is InChI=1S/C15H24N4O2/c1-3-13(4-2)17(11-12-20)9-10-19-15(21)18-8-6-5-7-14(18)16-19/h5-8,13,20H,3-4,9-12H2,1-2H3. The van der Waals surface area contributed by atoms with Crippen LogP contribution >= 0.6 is 0 Å². The van der Waals surface area contributed by atoms with Crippen molar-refractivity contribution in [3.05, 3.63) is 34.9 Å². The van der Waals surface area contributed by atoms with E-state index in [9.17, 15) is 9.90 Å². The van der Waals surface area contributed by atoms with Crippen LogP contribution in [0.25, 0.3) is 5.65 Å². The van der Waals surface area contributed by atoms with Gasteiger partial charge in [0, 0.05) is 25.3 Å². The highest BCUT2D eigenvalue weighted by Gasteiger charge is 2.15. The van der Waals surface area contributed by atoms with E-state index in [4.69, 9.17) is 0 Å². The van der Waals surface area contributed by atoms with Crippen LogP contribution in [0.4, 0.5) is 0 Å². The van der Waals surface area contributed by atoms with Gasteiger partial charge in [0.05, 0.1) is 13.2 Å². The topological polar surface area (TPSA) is 62.8 Å². The van der Waals surface area contributed by atoms with E-state index in [2.05, 4.69) is 23.8 Å². The van der Waals surface area contributed by atoms with Gasteiger partial charge in [-0.2, -0.15) is 0 Å². The molecule has 21 heavy (non-hydrogen) atoms. The predicted molar refractivity (Wildman–Crippen MR) is 82.5 cm³/mol. The largest absolute Gasteiger partial charge is 0.395 e. The third kappa shape index (κ3) is 3.51. The highest BCUT2D eigenvalue weighted by atomic mass is 16.3. The van der Waals surface area contributed by atoms with Crippen LogP contribution in [0.5, 0.6) is 0 Å². The molecule has 2 rings (SSSR count). The molecular formula is C15H24N4O2. The van der Waals surface area contributed by atoms with Crippen molar-refractivity contribution in [2.75, 3.05) is 19.7 Å². The third-order valence-corrected chi connectivity index (χ3v) is 3.93. The van der Waals surface area contributed by atoms with Gasteiger partial charge in [-0.25, -0.2) is 9.48 Å². The van der Waals surface area contributed by atoms with Crippen molar-refractivity contribution in [2.45, 2.75) is 39.3 Å². The van der Waals surface area contributed by atoms with Crippen molar-refractivity contribution in [1.29, 1.82) is 0 Å². The summed E-state index contributed by atoms with van der Waals surface area (Å²) in [5, 5.41) is 13.5. The average molecular weight is 292 g/mol. The van der Waals surface area contributed by atoms with Crippen LogP contribution in [0, 0.1) is 0 Å². The Morgan fingerprint density at radius 2 is 2.05 bits per heavy atom. The van der Waals surface area contributed by atoms with E-state index in [-0.39, 0.29) is 12.3 Å². The Labute approximate surface area is 124 Å². The molecule has 0 saturated heterocycles. The maximum atomic E-state index is 12.2. The quantitative estimate of drug-likeness (QED) is 0.788. The van der Waals surface area contributed by atoms with Crippen LogP contribution in [-0.2, 0) is 6.54 Å². The lowest BCUT2D eigenvalue weighted by Gasteiger charge is -2.29. The molecule has 0 aliphatic carbocycles. The molecule has 1 N–H and O–H groups in total. The zero-order valence-corrected chi connectivity index (χ0v) is 12.8. The van der Waals surface area contributed by atoms with Crippen molar-refractivity contribution >= 4 is 5.65 Å². The summed E-state index contributed by atoms with van der Waals surface area (Å²) in [6.45, 7) is 6.32. The van der Waals surface area contributed by atoms with Gasteiger partial charge in [-0.3, -0.25) is 9.30 Å². The van der Waals surface area contributed by atoms with Crippen LogP contribution in [0.3, 0.4) is 0 Å². The van der Waals surface area contributed by atoms with E-state index >= 15 is 0 Å². The van der Waals surface area contributed by atoms with Crippen molar-refractivity contribution in [2.24, 2.45) is 0 Å². The molecule has 0 bridgehead atoms. The lowest BCUT2D eigenvalue weighted by Crippen LogP contribution is -2.40. The zero-order valence-electron chi connectivity index (χ0n) is 12.8. The minimum Gasteiger partial charge on any atom is -0.395 e. The van der Waals surface area contributed by atoms with Crippen molar-refractivity contribution in [1.82, 2.24) is 19.1 Å². The fourth-order valence-corrected chi connectivity index (χ4v) is 2.75. The van der Waals surface area contributed by atoms with E-state index in [0.717, 1.165) is 19.4 Å². The molecule has 0 fully saturated rings. The average Bonchev–Trinajstić information content (AvgIpc) is 2.83. The molecule has 2 aromatic rings. The van der Waals surface area contributed by atoms with Crippen LogP contribution in [0.1, 0.15) is 26.7 Å². The molecule has 0 atom stereocenters. The Bertz CT molecular complexity index is 615. The summed E-state index contributed by atoms with van der Waals surface area (Å²) < 4.78 is 3.05. The molecule has 2 heterocycles. The molecule has 6 nitrogen and oxygen atoms in total. The Hall–Kier alpha value is -1.66.